The summed E-state index contributed by atoms with van der Waals surface area (Å²) < 4.78 is 5.80. The van der Waals surface area contributed by atoms with Crippen molar-refractivity contribution in [1.29, 1.82) is 0 Å². The van der Waals surface area contributed by atoms with E-state index in [1.54, 1.807) is 0 Å². The van der Waals surface area contributed by atoms with Crippen LogP contribution in [0, 0.1) is 5.92 Å². The highest BCUT2D eigenvalue weighted by molar-refractivity contribution is 6.17. The summed E-state index contributed by atoms with van der Waals surface area (Å²) in [5.74, 6) is 3.35. The number of anilines is 1. The second kappa shape index (κ2) is 7.59. The van der Waals surface area contributed by atoms with Crippen LogP contribution < -0.4 is 9.64 Å². The van der Waals surface area contributed by atoms with Crippen LogP contribution in [0.3, 0.4) is 0 Å². The quantitative estimate of drug-likeness (QED) is 0.744. The molecule has 1 unspecified atom stereocenters. The van der Waals surface area contributed by atoms with E-state index < -0.39 is 0 Å². The van der Waals surface area contributed by atoms with Crippen molar-refractivity contribution in [2.75, 3.05) is 30.5 Å². The molecule has 0 amide bonds. The molecule has 0 bridgehead atoms. The summed E-state index contributed by atoms with van der Waals surface area (Å²) in [4.78, 5) is 6.87. The number of nitrogens with zero attached hydrogens (tertiary/aromatic N) is 2. The van der Waals surface area contributed by atoms with Gasteiger partial charge in [-0.2, -0.15) is 0 Å². The molecule has 1 saturated heterocycles. The smallest absolute Gasteiger partial charge is 0.171 e. The summed E-state index contributed by atoms with van der Waals surface area (Å²) in [7, 11) is 0. The van der Waals surface area contributed by atoms with Gasteiger partial charge in [-0.15, -0.1) is 11.6 Å². The monoisotopic (exact) mass is 282 g/mol. The molecule has 1 fully saturated rings. The van der Waals surface area contributed by atoms with Crippen LogP contribution in [0.25, 0.3) is 0 Å². The zero-order valence-corrected chi connectivity index (χ0v) is 12.4. The second-order valence-corrected chi connectivity index (χ2v) is 5.48. The highest BCUT2D eigenvalue weighted by Crippen LogP contribution is 2.30. The molecule has 1 aliphatic rings. The van der Waals surface area contributed by atoms with Crippen LogP contribution in [0.5, 0.6) is 5.75 Å². The van der Waals surface area contributed by atoms with Gasteiger partial charge in [0.05, 0.1) is 6.61 Å². The molecule has 2 heterocycles. The lowest BCUT2D eigenvalue weighted by atomic mass is 9.95. The standard InChI is InChI=1S/C15H23ClN2O/c1-2-11-19-14-6-3-9-17-15(14)18-10-4-5-13(12-18)7-8-16/h3,6,9,13H,2,4-5,7-8,10-12H2,1H3. The van der Waals surface area contributed by atoms with Crippen LogP contribution in [0.2, 0.25) is 0 Å². The van der Waals surface area contributed by atoms with E-state index in [9.17, 15) is 0 Å². The van der Waals surface area contributed by atoms with Gasteiger partial charge in [0.1, 0.15) is 0 Å². The van der Waals surface area contributed by atoms with Crippen LogP contribution in [0.15, 0.2) is 18.3 Å². The van der Waals surface area contributed by atoms with Crippen molar-refractivity contribution in [2.45, 2.75) is 32.6 Å². The largest absolute Gasteiger partial charge is 0.490 e. The van der Waals surface area contributed by atoms with Crippen molar-refractivity contribution in [3.05, 3.63) is 18.3 Å². The Kier molecular flexibility index (Phi) is 5.77. The molecule has 0 radical (unpaired) electrons. The van der Waals surface area contributed by atoms with Crippen molar-refractivity contribution in [3.8, 4) is 5.75 Å². The number of aromatic nitrogens is 1. The molecule has 0 saturated carbocycles. The van der Waals surface area contributed by atoms with Crippen molar-refractivity contribution in [2.24, 2.45) is 5.92 Å². The molecule has 0 spiro atoms. The number of rotatable bonds is 6. The number of piperidine rings is 1. The van der Waals surface area contributed by atoms with Crippen LogP contribution in [-0.2, 0) is 0 Å². The second-order valence-electron chi connectivity index (χ2n) is 5.11. The Morgan fingerprint density at radius 2 is 2.42 bits per heavy atom. The fourth-order valence-corrected chi connectivity index (χ4v) is 2.90. The maximum Gasteiger partial charge on any atom is 0.171 e. The van der Waals surface area contributed by atoms with Crippen LogP contribution in [0.4, 0.5) is 5.82 Å². The molecule has 1 aromatic heterocycles. The number of ether oxygens (including phenoxy) is 1. The first-order chi connectivity index (χ1) is 9.35. The van der Waals surface area contributed by atoms with Gasteiger partial charge in [0.2, 0.25) is 0 Å². The van der Waals surface area contributed by atoms with Gasteiger partial charge in [0, 0.05) is 25.2 Å². The SMILES string of the molecule is CCCOc1cccnc1N1CCCC(CCCl)C1. The van der Waals surface area contributed by atoms with Gasteiger partial charge in [-0.3, -0.25) is 0 Å². The summed E-state index contributed by atoms with van der Waals surface area (Å²) in [6, 6.07) is 3.96. The topological polar surface area (TPSA) is 25.4 Å². The molecule has 1 aromatic rings. The van der Waals surface area contributed by atoms with E-state index in [0.717, 1.165) is 50.0 Å². The summed E-state index contributed by atoms with van der Waals surface area (Å²) in [5.41, 5.74) is 0. The van der Waals surface area contributed by atoms with Gasteiger partial charge in [0.25, 0.3) is 0 Å². The molecule has 2 rings (SSSR count). The number of hydrogen-bond acceptors (Lipinski definition) is 3. The lowest BCUT2D eigenvalue weighted by Crippen LogP contribution is -2.36. The minimum atomic E-state index is 0.687. The van der Waals surface area contributed by atoms with E-state index in [4.69, 9.17) is 16.3 Å². The molecule has 4 heteroatoms. The maximum atomic E-state index is 5.87. The number of pyridine rings is 1. The summed E-state index contributed by atoms with van der Waals surface area (Å²) in [6.45, 7) is 4.98. The van der Waals surface area contributed by atoms with Gasteiger partial charge in [-0.25, -0.2) is 4.98 Å². The van der Waals surface area contributed by atoms with Gasteiger partial charge in [-0.1, -0.05) is 6.92 Å². The van der Waals surface area contributed by atoms with E-state index in [1.807, 2.05) is 18.3 Å². The lowest BCUT2D eigenvalue weighted by molar-refractivity contribution is 0.314. The van der Waals surface area contributed by atoms with Crippen molar-refractivity contribution >= 4 is 17.4 Å². The number of alkyl halides is 1. The number of hydrogen-bond donors (Lipinski definition) is 0. The Balaban J connectivity index is 2.07. The van der Waals surface area contributed by atoms with Crippen molar-refractivity contribution in [3.63, 3.8) is 0 Å². The molecule has 0 N–H and O–H groups in total. The third-order valence-electron chi connectivity index (χ3n) is 3.55. The van der Waals surface area contributed by atoms with Crippen LogP contribution >= 0.6 is 11.6 Å². The fraction of sp³-hybridized carbons (Fsp3) is 0.667. The van der Waals surface area contributed by atoms with E-state index >= 15 is 0 Å². The van der Waals surface area contributed by atoms with Gasteiger partial charge in [-0.05, 0) is 43.7 Å². The zero-order chi connectivity index (χ0) is 13.5. The third kappa shape index (κ3) is 4.00. The van der Waals surface area contributed by atoms with E-state index in [2.05, 4.69) is 16.8 Å². The average Bonchev–Trinajstić information content (AvgIpc) is 2.46. The summed E-state index contributed by atoms with van der Waals surface area (Å²) in [5, 5.41) is 0. The predicted molar refractivity (Wildman–Crippen MR) is 80.3 cm³/mol. The van der Waals surface area contributed by atoms with Gasteiger partial charge < -0.3 is 9.64 Å². The van der Waals surface area contributed by atoms with E-state index in [-0.39, 0.29) is 0 Å². The summed E-state index contributed by atoms with van der Waals surface area (Å²) in [6.07, 6.45) is 6.45. The third-order valence-corrected chi connectivity index (χ3v) is 3.77. The first kappa shape index (κ1) is 14.4. The highest BCUT2D eigenvalue weighted by Gasteiger charge is 2.22. The van der Waals surface area contributed by atoms with E-state index in [1.165, 1.54) is 12.8 Å². The summed E-state index contributed by atoms with van der Waals surface area (Å²) >= 11 is 5.87. The average molecular weight is 283 g/mol. The highest BCUT2D eigenvalue weighted by atomic mass is 35.5. The fourth-order valence-electron chi connectivity index (χ4n) is 2.59. The Morgan fingerprint density at radius 1 is 1.53 bits per heavy atom. The molecule has 0 aromatic carbocycles. The molecular formula is C15H23ClN2O. The van der Waals surface area contributed by atoms with Crippen molar-refractivity contribution in [1.82, 2.24) is 4.98 Å². The lowest BCUT2D eigenvalue weighted by Gasteiger charge is -2.34. The molecule has 0 aliphatic carbocycles. The molecule has 1 atom stereocenters. The maximum absolute atomic E-state index is 5.87. The molecular weight excluding hydrogens is 260 g/mol. The van der Waals surface area contributed by atoms with Gasteiger partial charge in [0.15, 0.2) is 11.6 Å². The molecule has 19 heavy (non-hydrogen) atoms. The minimum absolute atomic E-state index is 0.687. The molecule has 3 nitrogen and oxygen atoms in total. The normalized spacial score (nSPS) is 19.5. The molecule has 1 aliphatic heterocycles. The minimum Gasteiger partial charge on any atom is -0.490 e. The van der Waals surface area contributed by atoms with Gasteiger partial charge >= 0.3 is 0 Å². The Bertz CT molecular complexity index is 384. The van der Waals surface area contributed by atoms with E-state index in [0.29, 0.717) is 5.92 Å². The van der Waals surface area contributed by atoms with Crippen LogP contribution in [0.1, 0.15) is 32.6 Å². The Labute approximate surface area is 120 Å². The Morgan fingerprint density at radius 3 is 3.21 bits per heavy atom. The zero-order valence-electron chi connectivity index (χ0n) is 11.6. The Hall–Kier alpha value is -0.960. The first-order valence-electron chi connectivity index (χ1n) is 7.24. The van der Waals surface area contributed by atoms with Crippen molar-refractivity contribution < 1.29 is 4.74 Å². The predicted octanol–water partition coefficient (Wildman–Crippen LogP) is 3.72. The van der Waals surface area contributed by atoms with Crippen LogP contribution in [-0.4, -0.2) is 30.6 Å². The first-order valence-corrected chi connectivity index (χ1v) is 7.77. The molecule has 106 valence electrons. The number of halogens is 1.